The Hall–Kier alpha value is -2.90. The van der Waals surface area contributed by atoms with Crippen LogP contribution in [0.4, 0.5) is 5.69 Å². The number of nitrogens with one attached hydrogen (secondary N) is 2. The van der Waals surface area contributed by atoms with Crippen LogP contribution in [0.15, 0.2) is 54.6 Å². The highest BCUT2D eigenvalue weighted by atomic mass is 35.5. The van der Waals surface area contributed by atoms with Gasteiger partial charge >= 0.3 is 0 Å². The number of rotatable bonds is 6. The molecule has 4 N–H and O–H groups in total. The molecular weight excluding hydrogens is 384 g/mol. The summed E-state index contributed by atoms with van der Waals surface area (Å²) in [5.74, 6) is -0.815. The van der Waals surface area contributed by atoms with Crippen LogP contribution in [-0.2, 0) is 13.1 Å². The second kappa shape index (κ2) is 8.66. The van der Waals surface area contributed by atoms with E-state index in [2.05, 4.69) is 15.0 Å². The minimum absolute atomic E-state index is 0.0545. The van der Waals surface area contributed by atoms with E-state index in [1.54, 1.807) is 6.07 Å². The summed E-state index contributed by atoms with van der Waals surface area (Å²) in [6.45, 7) is 0.607. The highest BCUT2D eigenvalue weighted by Crippen LogP contribution is 2.22. The Kier molecular flexibility index (Phi) is 6.05. The van der Waals surface area contributed by atoms with Gasteiger partial charge in [-0.05, 0) is 28.7 Å². The minimum Gasteiger partial charge on any atom is -0.395 e. The van der Waals surface area contributed by atoms with Gasteiger partial charge in [-0.15, -0.1) is 0 Å². The monoisotopic (exact) mass is 400 g/mol. The maximum Gasteiger partial charge on any atom is 0.273 e. The fraction of sp³-hybridized carbons (Fsp3) is 0.105. The molecule has 0 bridgehead atoms. The summed E-state index contributed by atoms with van der Waals surface area (Å²) in [5, 5.41) is 6.06. The molecule has 0 saturated carbocycles. The summed E-state index contributed by atoms with van der Waals surface area (Å²) in [4.78, 5) is 24.9. The molecule has 1 heterocycles. The number of hydrogen-bond acceptors (Lipinski definition) is 5. The van der Waals surface area contributed by atoms with E-state index in [9.17, 15) is 9.59 Å². The van der Waals surface area contributed by atoms with Gasteiger partial charge in [0, 0.05) is 18.1 Å². The Labute approximate surface area is 165 Å². The Morgan fingerprint density at radius 3 is 2.37 bits per heavy atom. The van der Waals surface area contributed by atoms with Crippen molar-refractivity contribution in [3.05, 3.63) is 81.3 Å². The van der Waals surface area contributed by atoms with Crippen molar-refractivity contribution in [2.24, 2.45) is 0 Å². The summed E-state index contributed by atoms with van der Waals surface area (Å²) in [6.07, 6.45) is 0. The number of hydrogen-bond donors (Lipinski definition) is 3. The second-order valence-corrected chi connectivity index (χ2v) is 6.90. The predicted molar refractivity (Wildman–Crippen MR) is 107 cm³/mol. The molecular formula is C19H17ClN4O2S. The van der Waals surface area contributed by atoms with E-state index in [-0.39, 0.29) is 22.8 Å². The third-order valence-electron chi connectivity index (χ3n) is 3.84. The third kappa shape index (κ3) is 4.64. The largest absolute Gasteiger partial charge is 0.395 e. The quantitative estimate of drug-likeness (QED) is 0.591. The highest BCUT2D eigenvalue weighted by Gasteiger charge is 2.22. The van der Waals surface area contributed by atoms with Gasteiger partial charge in [0.25, 0.3) is 11.8 Å². The fourth-order valence-electron chi connectivity index (χ4n) is 2.38. The fourth-order valence-corrected chi connectivity index (χ4v) is 3.30. The molecule has 0 aliphatic rings. The Bertz CT molecular complexity index is 959. The Morgan fingerprint density at radius 2 is 1.63 bits per heavy atom. The van der Waals surface area contributed by atoms with Gasteiger partial charge in [-0.1, -0.05) is 60.1 Å². The Morgan fingerprint density at radius 1 is 0.963 bits per heavy atom. The molecule has 2 amide bonds. The van der Waals surface area contributed by atoms with Gasteiger partial charge in [0.05, 0.1) is 5.69 Å². The zero-order valence-electron chi connectivity index (χ0n) is 14.2. The topological polar surface area (TPSA) is 97.1 Å². The van der Waals surface area contributed by atoms with Crippen LogP contribution >= 0.6 is 23.1 Å². The number of carbonyl (C=O) groups excluding carboxylic acids is 2. The first kappa shape index (κ1) is 18.9. The summed E-state index contributed by atoms with van der Waals surface area (Å²) < 4.78 is 4.04. The number of halogens is 1. The highest BCUT2D eigenvalue weighted by molar-refractivity contribution is 7.09. The minimum atomic E-state index is -0.419. The second-order valence-electron chi connectivity index (χ2n) is 5.72. The predicted octanol–water partition coefficient (Wildman–Crippen LogP) is 3.24. The summed E-state index contributed by atoms with van der Waals surface area (Å²) in [6, 6.07) is 16.7. The van der Waals surface area contributed by atoms with Gasteiger partial charge in [-0.25, -0.2) is 0 Å². The molecule has 0 aliphatic heterocycles. The molecule has 0 fully saturated rings. The zero-order chi connectivity index (χ0) is 19.2. The third-order valence-corrected chi connectivity index (χ3v) is 5.07. The number of nitrogen functional groups attached to an aromatic ring is 1. The van der Waals surface area contributed by atoms with Gasteiger partial charge in [-0.2, -0.15) is 4.37 Å². The average Bonchev–Trinajstić information content (AvgIpc) is 3.07. The van der Waals surface area contributed by atoms with Crippen molar-refractivity contribution in [3.63, 3.8) is 0 Å². The summed E-state index contributed by atoms with van der Waals surface area (Å²) in [7, 11) is 0. The van der Waals surface area contributed by atoms with Crippen LogP contribution in [-0.4, -0.2) is 16.2 Å². The number of benzene rings is 2. The summed E-state index contributed by atoms with van der Waals surface area (Å²) in [5.41, 5.74) is 7.84. The standard InChI is InChI=1S/C19H17ClN4O2S/c20-14-9-5-4-8-13(14)11-23-19(26)17-15(21)16(24-27-17)18(25)22-10-12-6-2-1-3-7-12/h1-9H,10-11,21H2,(H,22,25)(H,23,26). The molecule has 3 aromatic rings. The van der Waals surface area contributed by atoms with Crippen LogP contribution in [0.2, 0.25) is 5.02 Å². The molecule has 0 saturated heterocycles. The average molecular weight is 401 g/mol. The maximum atomic E-state index is 12.4. The molecule has 0 aliphatic carbocycles. The van der Waals surface area contributed by atoms with Gasteiger partial charge in [-0.3, -0.25) is 9.59 Å². The first-order valence-corrected chi connectivity index (χ1v) is 9.30. The van der Waals surface area contributed by atoms with Crippen molar-refractivity contribution in [1.82, 2.24) is 15.0 Å². The van der Waals surface area contributed by atoms with Crippen molar-refractivity contribution in [2.45, 2.75) is 13.1 Å². The van der Waals surface area contributed by atoms with Gasteiger partial charge < -0.3 is 16.4 Å². The van der Waals surface area contributed by atoms with Crippen molar-refractivity contribution < 1.29 is 9.59 Å². The molecule has 6 nitrogen and oxygen atoms in total. The van der Waals surface area contributed by atoms with Gasteiger partial charge in [0.1, 0.15) is 4.88 Å². The number of carbonyl (C=O) groups is 2. The van der Waals surface area contributed by atoms with E-state index in [0.29, 0.717) is 11.6 Å². The molecule has 138 valence electrons. The van der Waals surface area contributed by atoms with Gasteiger partial charge in [0.2, 0.25) is 0 Å². The number of nitrogens with two attached hydrogens (primary N) is 1. The number of nitrogens with zero attached hydrogens (tertiary/aromatic N) is 1. The molecule has 1 aromatic heterocycles. The van der Waals surface area contributed by atoms with E-state index < -0.39 is 11.8 Å². The molecule has 0 atom stereocenters. The lowest BCUT2D eigenvalue weighted by Crippen LogP contribution is -2.25. The van der Waals surface area contributed by atoms with E-state index in [4.69, 9.17) is 17.3 Å². The van der Waals surface area contributed by atoms with Crippen LogP contribution in [0, 0.1) is 0 Å². The van der Waals surface area contributed by atoms with Crippen molar-refractivity contribution in [3.8, 4) is 0 Å². The van der Waals surface area contributed by atoms with E-state index in [1.165, 1.54) is 0 Å². The van der Waals surface area contributed by atoms with E-state index in [1.807, 2.05) is 48.5 Å². The maximum absolute atomic E-state index is 12.4. The first-order chi connectivity index (χ1) is 13.1. The van der Waals surface area contributed by atoms with Crippen LogP contribution in [0.1, 0.15) is 31.3 Å². The van der Waals surface area contributed by atoms with Crippen LogP contribution in [0.25, 0.3) is 0 Å². The molecule has 0 unspecified atom stereocenters. The molecule has 8 heteroatoms. The van der Waals surface area contributed by atoms with Crippen LogP contribution < -0.4 is 16.4 Å². The number of aromatic nitrogens is 1. The normalized spacial score (nSPS) is 10.4. The van der Waals surface area contributed by atoms with Crippen molar-refractivity contribution >= 4 is 40.6 Å². The van der Waals surface area contributed by atoms with Crippen LogP contribution in [0.5, 0.6) is 0 Å². The molecule has 2 aromatic carbocycles. The molecule has 0 radical (unpaired) electrons. The lowest BCUT2D eigenvalue weighted by Gasteiger charge is -2.06. The van der Waals surface area contributed by atoms with E-state index >= 15 is 0 Å². The Balaban J connectivity index is 1.62. The van der Waals surface area contributed by atoms with Crippen molar-refractivity contribution in [2.75, 3.05) is 5.73 Å². The molecule has 0 spiro atoms. The van der Waals surface area contributed by atoms with Crippen LogP contribution in [0.3, 0.4) is 0 Å². The zero-order valence-corrected chi connectivity index (χ0v) is 15.8. The lowest BCUT2D eigenvalue weighted by molar-refractivity contribution is 0.0946. The van der Waals surface area contributed by atoms with Crippen molar-refractivity contribution in [1.29, 1.82) is 0 Å². The van der Waals surface area contributed by atoms with E-state index in [0.717, 1.165) is 22.7 Å². The molecule has 27 heavy (non-hydrogen) atoms. The number of amides is 2. The molecule has 3 rings (SSSR count). The first-order valence-electron chi connectivity index (χ1n) is 8.15. The SMILES string of the molecule is Nc1c(C(=O)NCc2ccccc2)nsc1C(=O)NCc1ccccc1Cl. The lowest BCUT2D eigenvalue weighted by atomic mass is 10.2. The number of anilines is 1. The van der Waals surface area contributed by atoms with Gasteiger partial charge in [0.15, 0.2) is 5.69 Å². The smallest absolute Gasteiger partial charge is 0.273 e. The summed E-state index contributed by atoms with van der Waals surface area (Å²) >= 11 is 6.97.